The van der Waals surface area contributed by atoms with Crippen LogP contribution in [0.25, 0.3) is 11.4 Å². The highest BCUT2D eigenvalue weighted by molar-refractivity contribution is 7.98. The van der Waals surface area contributed by atoms with Gasteiger partial charge in [0.05, 0.1) is 17.7 Å². The van der Waals surface area contributed by atoms with Crippen LogP contribution >= 0.6 is 23.4 Å². The number of methoxy groups -OCH3 is 1. The van der Waals surface area contributed by atoms with Crippen LogP contribution in [0.2, 0.25) is 5.02 Å². The molecule has 1 amide bonds. The molecule has 170 valence electrons. The molecule has 0 aliphatic rings. The van der Waals surface area contributed by atoms with E-state index in [1.807, 2.05) is 55.6 Å². The summed E-state index contributed by atoms with van der Waals surface area (Å²) in [5.41, 5.74) is 2.65. The van der Waals surface area contributed by atoms with Gasteiger partial charge in [-0.1, -0.05) is 54.6 Å². The Morgan fingerprint density at radius 2 is 1.91 bits per heavy atom. The maximum absolute atomic E-state index is 12.4. The predicted octanol–water partition coefficient (Wildman–Crippen LogP) is 5.58. The molecule has 0 fully saturated rings. The maximum Gasteiger partial charge on any atom is 0.253 e. The Morgan fingerprint density at radius 3 is 2.56 bits per heavy atom. The van der Waals surface area contributed by atoms with Crippen LogP contribution in [0.3, 0.4) is 0 Å². The summed E-state index contributed by atoms with van der Waals surface area (Å²) < 4.78 is 7.46. The van der Waals surface area contributed by atoms with Gasteiger partial charge in [0, 0.05) is 37.6 Å². The van der Waals surface area contributed by atoms with Gasteiger partial charge in [-0.15, -0.1) is 10.2 Å². The zero-order valence-corrected chi connectivity index (χ0v) is 20.5. The molecular formula is C24H29ClN4O2S. The maximum atomic E-state index is 12.4. The molecule has 0 bridgehead atoms. The first-order chi connectivity index (χ1) is 15.5. The van der Waals surface area contributed by atoms with Crippen LogP contribution in [0, 0.1) is 0 Å². The summed E-state index contributed by atoms with van der Waals surface area (Å²) in [6.45, 7) is 5.42. The van der Waals surface area contributed by atoms with Crippen molar-refractivity contribution in [2.45, 2.75) is 37.2 Å². The van der Waals surface area contributed by atoms with Crippen molar-refractivity contribution in [2.75, 3.05) is 27.3 Å². The van der Waals surface area contributed by atoms with Crippen LogP contribution in [-0.2, 0) is 10.5 Å². The van der Waals surface area contributed by atoms with E-state index in [4.69, 9.17) is 16.3 Å². The van der Waals surface area contributed by atoms with Crippen LogP contribution in [0.1, 0.15) is 42.2 Å². The highest BCUT2D eigenvalue weighted by Crippen LogP contribution is 2.33. The Morgan fingerprint density at radius 1 is 1.19 bits per heavy atom. The van der Waals surface area contributed by atoms with E-state index < -0.39 is 0 Å². The normalized spacial score (nSPS) is 12.0. The Hall–Kier alpha value is -2.35. The molecule has 6 nitrogen and oxygen atoms in total. The lowest BCUT2D eigenvalue weighted by Crippen LogP contribution is -2.27. The summed E-state index contributed by atoms with van der Waals surface area (Å²) in [6.07, 6.45) is 0.940. The average Bonchev–Trinajstić information content (AvgIpc) is 3.22. The minimum atomic E-state index is 0.0397. The second-order valence-electron chi connectivity index (χ2n) is 7.67. The molecule has 1 unspecified atom stereocenters. The highest BCUT2D eigenvalue weighted by atomic mass is 35.5. The molecule has 1 aromatic heterocycles. The monoisotopic (exact) mass is 472 g/mol. The SMILES string of the molecule is CCCN(C)C(=O)c1ccc(CSc2nnc(-c3ccccc3Cl)n2C(C)COC)cc1. The van der Waals surface area contributed by atoms with Gasteiger partial charge in [-0.05, 0) is 43.2 Å². The van der Waals surface area contributed by atoms with Crippen molar-refractivity contribution in [2.24, 2.45) is 0 Å². The van der Waals surface area contributed by atoms with Gasteiger partial charge in [0.1, 0.15) is 0 Å². The Kier molecular flexibility index (Phi) is 8.73. The molecule has 32 heavy (non-hydrogen) atoms. The molecule has 3 aromatic rings. The third-order valence-electron chi connectivity index (χ3n) is 5.10. The fraction of sp³-hybridized carbons (Fsp3) is 0.375. The van der Waals surface area contributed by atoms with Crippen LogP contribution in [0.4, 0.5) is 0 Å². The summed E-state index contributed by atoms with van der Waals surface area (Å²) >= 11 is 8.03. The first-order valence-electron chi connectivity index (χ1n) is 10.6. The molecule has 0 spiro atoms. The number of aromatic nitrogens is 3. The standard InChI is InChI=1S/C24H29ClN4O2S/c1-5-14-28(3)23(30)19-12-10-18(11-13-19)16-32-24-27-26-22(29(24)17(2)15-31-4)20-8-6-7-9-21(20)25/h6-13,17H,5,14-16H2,1-4H3. The number of carbonyl (C=O) groups is 1. The second kappa shape index (κ2) is 11.5. The van der Waals surface area contributed by atoms with E-state index in [1.165, 1.54) is 0 Å². The molecule has 0 saturated heterocycles. The summed E-state index contributed by atoms with van der Waals surface area (Å²) in [6, 6.07) is 15.4. The minimum Gasteiger partial charge on any atom is -0.383 e. The van der Waals surface area contributed by atoms with Crippen molar-refractivity contribution in [3.63, 3.8) is 0 Å². The third kappa shape index (κ3) is 5.71. The summed E-state index contributed by atoms with van der Waals surface area (Å²) in [7, 11) is 3.52. The lowest BCUT2D eigenvalue weighted by Gasteiger charge is -2.18. The second-order valence-corrected chi connectivity index (χ2v) is 9.02. The number of carbonyl (C=O) groups excluding carboxylic acids is 1. The molecule has 0 aliphatic carbocycles. The molecule has 0 N–H and O–H groups in total. The number of halogens is 1. The van der Waals surface area contributed by atoms with Crippen molar-refractivity contribution >= 4 is 29.3 Å². The average molecular weight is 473 g/mol. The molecule has 0 saturated carbocycles. The minimum absolute atomic E-state index is 0.0397. The van der Waals surface area contributed by atoms with E-state index in [1.54, 1.807) is 23.8 Å². The van der Waals surface area contributed by atoms with Crippen molar-refractivity contribution < 1.29 is 9.53 Å². The number of hydrogen-bond acceptors (Lipinski definition) is 5. The fourth-order valence-electron chi connectivity index (χ4n) is 3.46. The molecule has 0 radical (unpaired) electrons. The van der Waals surface area contributed by atoms with E-state index in [9.17, 15) is 4.79 Å². The molecule has 8 heteroatoms. The van der Waals surface area contributed by atoms with E-state index in [0.717, 1.165) is 35.1 Å². The molecule has 1 atom stereocenters. The number of thioether (sulfide) groups is 1. The summed E-state index contributed by atoms with van der Waals surface area (Å²) in [5, 5.41) is 10.3. The summed E-state index contributed by atoms with van der Waals surface area (Å²) in [4.78, 5) is 14.2. The largest absolute Gasteiger partial charge is 0.383 e. The number of hydrogen-bond donors (Lipinski definition) is 0. The quantitative estimate of drug-likeness (QED) is 0.360. The zero-order valence-electron chi connectivity index (χ0n) is 18.9. The van der Waals surface area contributed by atoms with Gasteiger partial charge in [-0.2, -0.15) is 0 Å². The van der Waals surface area contributed by atoms with E-state index in [2.05, 4.69) is 28.6 Å². The van der Waals surface area contributed by atoms with Crippen LogP contribution < -0.4 is 0 Å². The first kappa shape index (κ1) is 24.3. The molecule has 2 aromatic carbocycles. The van der Waals surface area contributed by atoms with Crippen molar-refractivity contribution in [3.8, 4) is 11.4 Å². The fourth-order valence-corrected chi connectivity index (χ4v) is 4.68. The molecule has 3 rings (SSSR count). The van der Waals surface area contributed by atoms with E-state index in [-0.39, 0.29) is 11.9 Å². The van der Waals surface area contributed by atoms with Gasteiger partial charge in [0.15, 0.2) is 11.0 Å². The Labute approximate surface area is 198 Å². The van der Waals surface area contributed by atoms with Crippen molar-refractivity contribution in [1.82, 2.24) is 19.7 Å². The zero-order chi connectivity index (χ0) is 23.1. The molecule has 0 aliphatic heterocycles. The lowest BCUT2D eigenvalue weighted by atomic mass is 10.1. The van der Waals surface area contributed by atoms with E-state index in [0.29, 0.717) is 22.9 Å². The smallest absolute Gasteiger partial charge is 0.253 e. The van der Waals surface area contributed by atoms with Crippen LogP contribution in [0.15, 0.2) is 53.7 Å². The van der Waals surface area contributed by atoms with Gasteiger partial charge in [0.2, 0.25) is 0 Å². The topological polar surface area (TPSA) is 60.2 Å². The lowest BCUT2D eigenvalue weighted by molar-refractivity contribution is 0.0795. The van der Waals surface area contributed by atoms with E-state index >= 15 is 0 Å². The van der Waals surface area contributed by atoms with Crippen LogP contribution in [0.5, 0.6) is 0 Å². The number of benzene rings is 2. The predicted molar refractivity (Wildman–Crippen MR) is 130 cm³/mol. The highest BCUT2D eigenvalue weighted by Gasteiger charge is 2.21. The van der Waals surface area contributed by atoms with Gasteiger partial charge in [-0.25, -0.2) is 0 Å². The third-order valence-corrected chi connectivity index (χ3v) is 6.45. The van der Waals surface area contributed by atoms with Gasteiger partial charge >= 0.3 is 0 Å². The molecule has 1 heterocycles. The molecular weight excluding hydrogens is 444 g/mol. The Bertz CT molecular complexity index is 1040. The number of amides is 1. The number of nitrogens with zero attached hydrogens (tertiary/aromatic N) is 4. The van der Waals surface area contributed by atoms with Gasteiger partial charge in [-0.3, -0.25) is 9.36 Å². The number of rotatable bonds is 10. The Balaban J connectivity index is 1.79. The van der Waals surface area contributed by atoms with Crippen LogP contribution in [-0.4, -0.2) is 52.9 Å². The van der Waals surface area contributed by atoms with Gasteiger partial charge < -0.3 is 9.64 Å². The van der Waals surface area contributed by atoms with Gasteiger partial charge in [0.25, 0.3) is 5.91 Å². The first-order valence-corrected chi connectivity index (χ1v) is 12.0. The van der Waals surface area contributed by atoms with Crippen molar-refractivity contribution in [1.29, 1.82) is 0 Å². The number of ether oxygens (including phenoxy) is 1. The van der Waals surface area contributed by atoms with Crippen molar-refractivity contribution in [3.05, 3.63) is 64.7 Å². The summed E-state index contributed by atoms with van der Waals surface area (Å²) in [5.74, 6) is 1.48.